The molecule has 0 aliphatic rings. The lowest BCUT2D eigenvalue weighted by atomic mass is 10.9. The molecule has 0 amide bonds. The molecule has 0 N–H and O–H groups in total. The Morgan fingerprint density at radius 3 is 1.85 bits per heavy atom. The van der Waals surface area contributed by atoms with Gasteiger partial charge in [-0.1, -0.05) is 0 Å². The van der Waals surface area contributed by atoms with Crippen LogP contribution in [0, 0.1) is 0 Å². The van der Waals surface area contributed by atoms with Gasteiger partial charge in [-0.2, -0.15) is 0 Å². The molecule has 0 aromatic rings. The maximum Gasteiger partial charge on any atom is 0.344 e. The third-order valence-corrected chi connectivity index (χ3v) is 4.80. The van der Waals surface area contributed by atoms with Gasteiger partial charge in [-0.15, -0.1) is 0 Å². The summed E-state index contributed by atoms with van der Waals surface area (Å²) in [7, 11) is -8.33. The predicted octanol–water partition coefficient (Wildman–Crippen LogP) is 0.755. The van der Waals surface area contributed by atoms with Crippen LogP contribution in [0.2, 0.25) is 0 Å². The van der Waals surface area contributed by atoms with Crippen LogP contribution in [0.15, 0.2) is 0 Å². The molecule has 0 heterocycles. The lowest BCUT2D eigenvalue weighted by Gasteiger charge is -2.18. The Hall–Kier alpha value is 0.0600. The zero-order chi connectivity index (χ0) is 10.5. The van der Waals surface area contributed by atoms with Crippen molar-refractivity contribution in [3.05, 3.63) is 0 Å². The monoisotopic (exact) mass is 231 g/mol. The Bertz CT molecular complexity index is 273. The van der Waals surface area contributed by atoms with Crippen LogP contribution in [-0.2, 0) is 23.7 Å². The van der Waals surface area contributed by atoms with Crippen molar-refractivity contribution >= 4 is 17.7 Å². The molecule has 0 rings (SSSR count). The van der Waals surface area contributed by atoms with Crippen molar-refractivity contribution in [3.8, 4) is 0 Å². The van der Waals surface area contributed by atoms with Gasteiger partial charge in [0.05, 0.1) is 13.2 Å². The van der Waals surface area contributed by atoms with Crippen molar-refractivity contribution in [2.24, 2.45) is 0 Å². The van der Waals surface area contributed by atoms with Crippen LogP contribution in [0.1, 0.15) is 13.8 Å². The van der Waals surface area contributed by atoms with Gasteiger partial charge >= 0.3 is 7.60 Å². The number of rotatable bonds is 6. The molecule has 0 aliphatic heterocycles. The van der Waals surface area contributed by atoms with E-state index in [4.69, 9.17) is 0 Å². The minimum absolute atomic E-state index is 0.0345. The second kappa shape index (κ2) is 5.07. The van der Waals surface area contributed by atoms with E-state index in [0.717, 1.165) is 0 Å². The van der Waals surface area contributed by atoms with Crippen LogP contribution in [-0.4, -0.2) is 31.7 Å². The molecular weight excluding hydrogens is 219 g/mol. The van der Waals surface area contributed by atoms with Crippen LogP contribution in [0.25, 0.3) is 0 Å². The van der Waals surface area contributed by atoms with Gasteiger partial charge in [0, 0.05) is 0 Å². The molecule has 0 atom stereocenters. The smallest absolute Gasteiger partial charge is 0.344 e. The maximum absolute atomic E-state index is 11.4. The lowest BCUT2D eigenvalue weighted by molar-refractivity contribution is 0.223. The maximum atomic E-state index is 11.4. The highest BCUT2D eigenvalue weighted by Gasteiger charge is 2.26. The van der Waals surface area contributed by atoms with Gasteiger partial charge in [0.1, 0.15) is 15.6 Å². The average Bonchev–Trinajstić information content (AvgIpc) is 1.82. The normalized spacial score (nSPS) is 13.2. The van der Waals surface area contributed by atoms with E-state index in [1.54, 1.807) is 0 Å². The molecule has 13 heavy (non-hydrogen) atoms. The molecule has 0 saturated heterocycles. The number of hydrogen-bond donors (Lipinski definition) is 0. The molecular formula is C5H12O6PS-. The van der Waals surface area contributed by atoms with Gasteiger partial charge in [-0.05, 0) is 13.8 Å². The molecule has 0 aliphatic carbocycles. The van der Waals surface area contributed by atoms with E-state index >= 15 is 0 Å². The van der Waals surface area contributed by atoms with Crippen LogP contribution < -0.4 is 0 Å². The second-order valence-electron chi connectivity index (χ2n) is 2.13. The summed E-state index contributed by atoms with van der Waals surface area (Å²) < 4.78 is 51.5. The molecule has 0 saturated carbocycles. The van der Waals surface area contributed by atoms with E-state index in [1.807, 2.05) is 0 Å². The molecule has 0 spiro atoms. The summed E-state index contributed by atoms with van der Waals surface area (Å²) in [6.07, 6.45) is 0. The van der Waals surface area contributed by atoms with Gasteiger partial charge in [0.25, 0.3) is 0 Å². The summed E-state index contributed by atoms with van der Waals surface area (Å²) in [4.78, 5) is 0. The molecule has 0 bridgehead atoms. The topological polar surface area (TPSA) is 92.7 Å². The van der Waals surface area contributed by atoms with Gasteiger partial charge < -0.3 is 13.6 Å². The SMILES string of the molecule is CCOP(=O)(CS(=O)(=O)[O-])OCC. The molecule has 80 valence electrons. The first-order chi connectivity index (χ1) is 5.83. The highest BCUT2D eigenvalue weighted by Crippen LogP contribution is 2.48. The van der Waals surface area contributed by atoms with E-state index in [2.05, 4.69) is 9.05 Å². The summed E-state index contributed by atoms with van der Waals surface area (Å²) in [6, 6.07) is 0. The molecule has 0 aromatic carbocycles. The fraction of sp³-hybridized carbons (Fsp3) is 1.00. The molecule has 8 heteroatoms. The van der Waals surface area contributed by atoms with Gasteiger partial charge in [-0.3, -0.25) is 4.57 Å². The van der Waals surface area contributed by atoms with Gasteiger partial charge in [-0.25, -0.2) is 8.42 Å². The van der Waals surface area contributed by atoms with Gasteiger partial charge in [0.15, 0.2) is 0 Å². The molecule has 0 aromatic heterocycles. The Morgan fingerprint density at radius 2 is 1.62 bits per heavy atom. The zero-order valence-electron chi connectivity index (χ0n) is 7.43. The van der Waals surface area contributed by atoms with E-state index in [1.165, 1.54) is 13.8 Å². The Balaban J connectivity index is 4.51. The van der Waals surface area contributed by atoms with Gasteiger partial charge in [0.2, 0.25) is 0 Å². The van der Waals surface area contributed by atoms with E-state index in [9.17, 15) is 17.5 Å². The molecule has 6 nitrogen and oxygen atoms in total. The second-order valence-corrected chi connectivity index (χ2v) is 6.02. The highest BCUT2D eigenvalue weighted by molar-refractivity contribution is 7.93. The first-order valence-corrected chi connectivity index (χ1v) is 6.95. The standard InChI is InChI=1S/C5H13O6PS/c1-3-10-12(6,11-4-2)5-13(7,8)9/h3-5H2,1-2H3,(H,7,8,9)/p-1. The van der Waals surface area contributed by atoms with Crippen molar-refractivity contribution in [3.63, 3.8) is 0 Å². The minimum atomic E-state index is -4.59. The summed E-state index contributed by atoms with van der Waals surface area (Å²) in [6.45, 7) is 3.13. The van der Waals surface area contributed by atoms with Crippen molar-refractivity contribution in [1.82, 2.24) is 0 Å². The van der Waals surface area contributed by atoms with Crippen molar-refractivity contribution in [1.29, 1.82) is 0 Å². The van der Waals surface area contributed by atoms with Crippen LogP contribution in [0.5, 0.6) is 0 Å². The Kier molecular flexibility index (Phi) is 5.09. The van der Waals surface area contributed by atoms with E-state index in [0.29, 0.717) is 0 Å². The van der Waals surface area contributed by atoms with Crippen LogP contribution in [0.4, 0.5) is 0 Å². The quantitative estimate of drug-likeness (QED) is 0.494. The summed E-state index contributed by atoms with van der Waals surface area (Å²) >= 11 is 0. The predicted molar refractivity (Wildman–Crippen MR) is 45.4 cm³/mol. The first kappa shape index (κ1) is 13.1. The largest absolute Gasteiger partial charge is 0.747 e. The summed E-state index contributed by atoms with van der Waals surface area (Å²) in [5.41, 5.74) is -1.11. The number of hydrogen-bond acceptors (Lipinski definition) is 6. The average molecular weight is 231 g/mol. The third-order valence-electron chi connectivity index (χ3n) is 0.968. The summed E-state index contributed by atoms with van der Waals surface area (Å²) in [5.74, 6) is 0. The lowest BCUT2D eigenvalue weighted by Crippen LogP contribution is -2.09. The minimum Gasteiger partial charge on any atom is -0.747 e. The third kappa shape index (κ3) is 6.17. The van der Waals surface area contributed by atoms with Crippen molar-refractivity contribution in [2.75, 3.05) is 18.7 Å². The van der Waals surface area contributed by atoms with Crippen LogP contribution in [0.3, 0.4) is 0 Å². The highest BCUT2D eigenvalue weighted by atomic mass is 32.2. The first-order valence-electron chi connectivity index (χ1n) is 3.64. The van der Waals surface area contributed by atoms with E-state index < -0.39 is 23.2 Å². The zero-order valence-corrected chi connectivity index (χ0v) is 9.14. The van der Waals surface area contributed by atoms with E-state index in [-0.39, 0.29) is 13.2 Å². The molecule has 0 unspecified atom stereocenters. The fourth-order valence-corrected chi connectivity index (χ4v) is 3.71. The van der Waals surface area contributed by atoms with Crippen LogP contribution >= 0.6 is 7.60 Å². The van der Waals surface area contributed by atoms with Crippen molar-refractivity contribution < 1.29 is 26.6 Å². The van der Waals surface area contributed by atoms with Crippen molar-refractivity contribution in [2.45, 2.75) is 13.8 Å². The summed E-state index contributed by atoms with van der Waals surface area (Å²) in [5, 5.41) is 0. The Morgan fingerprint density at radius 1 is 1.23 bits per heavy atom. The molecule has 0 fully saturated rings. The Labute approximate surface area is 77.5 Å². The fourth-order valence-electron chi connectivity index (χ4n) is 0.699. The molecule has 0 radical (unpaired) electrons.